The number of nitrogens with zero attached hydrogens (tertiary/aromatic N) is 1. The molecule has 3 heteroatoms. The standard InChI is InChI=1S/C16H30N2Si/c1-14(2)18(3)12-11-17-13-15-7-9-16(10-8-15)19(4,5)6/h7-10,14,17H,11-13H2,1-6H3. The van der Waals surface area contributed by atoms with Crippen molar-refractivity contribution in [3.8, 4) is 0 Å². The Bertz CT molecular complexity index is 365. The summed E-state index contributed by atoms with van der Waals surface area (Å²) in [5.74, 6) is 0. The minimum Gasteiger partial charge on any atom is -0.311 e. The lowest BCUT2D eigenvalue weighted by atomic mass is 10.2. The molecular weight excluding hydrogens is 248 g/mol. The lowest BCUT2D eigenvalue weighted by Gasteiger charge is -2.21. The molecule has 0 atom stereocenters. The van der Waals surface area contributed by atoms with Crippen LogP contribution in [-0.4, -0.2) is 39.2 Å². The van der Waals surface area contributed by atoms with Crippen molar-refractivity contribution in [2.45, 2.75) is 46.1 Å². The maximum atomic E-state index is 3.52. The Morgan fingerprint density at radius 3 is 2.16 bits per heavy atom. The number of nitrogens with one attached hydrogen (secondary N) is 1. The summed E-state index contributed by atoms with van der Waals surface area (Å²) in [4.78, 5) is 2.36. The Labute approximate surface area is 120 Å². The molecule has 0 aliphatic rings. The summed E-state index contributed by atoms with van der Waals surface area (Å²) in [7, 11) is 1.03. The summed E-state index contributed by atoms with van der Waals surface area (Å²) in [6.07, 6.45) is 0. The van der Waals surface area contributed by atoms with E-state index in [0.29, 0.717) is 6.04 Å². The molecular formula is C16H30N2Si. The molecule has 0 saturated heterocycles. The normalized spacial score (nSPS) is 12.4. The maximum Gasteiger partial charge on any atom is 0.0775 e. The van der Waals surface area contributed by atoms with Gasteiger partial charge >= 0.3 is 0 Å². The molecule has 0 fully saturated rings. The van der Waals surface area contributed by atoms with E-state index in [2.05, 4.69) is 75.0 Å². The minimum atomic E-state index is -1.15. The van der Waals surface area contributed by atoms with Crippen molar-refractivity contribution < 1.29 is 0 Å². The zero-order valence-electron chi connectivity index (χ0n) is 13.5. The number of benzene rings is 1. The Morgan fingerprint density at radius 2 is 1.68 bits per heavy atom. The number of rotatable bonds is 7. The van der Waals surface area contributed by atoms with Crippen LogP contribution < -0.4 is 10.5 Å². The maximum absolute atomic E-state index is 3.52. The van der Waals surface area contributed by atoms with E-state index >= 15 is 0 Å². The van der Waals surface area contributed by atoms with Crippen LogP contribution in [0.1, 0.15) is 19.4 Å². The highest BCUT2D eigenvalue weighted by molar-refractivity contribution is 6.88. The first kappa shape index (κ1) is 16.4. The fourth-order valence-electron chi connectivity index (χ4n) is 1.87. The third-order valence-electron chi connectivity index (χ3n) is 3.67. The molecule has 1 aromatic rings. The summed E-state index contributed by atoms with van der Waals surface area (Å²) >= 11 is 0. The second-order valence-electron chi connectivity index (χ2n) is 6.70. The quantitative estimate of drug-likeness (QED) is 0.609. The van der Waals surface area contributed by atoms with Gasteiger partial charge in [-0.1, -0.05) is 49.1 Å². The highest BCUT2D eigenvalue weighted by Crippen LogP contribution is 2.04. The summed E-state index contributed by atoms with van der Waals surface area (Å²) in [6, 6.07) is 9.78. The molecule has 0 aromatic heterocycles. The van der Waals surface area contributed by atoms with E-state index in [1.54, 1.807) is 0 Å². The van der Waals surface area contributed by atoms with Crippen molar-refractivity contribution in [1.82, 2.24) is 10.2 Å². The first-order chi connectivity index (χ1) is 8.80. The molecule has 0 amide bonds. The van der Waals surface area contributed by atoms with Crippen molar-refractivity contribution in [1.29, 1.82) is 0 Å². The SMILES string of the molecule is CC(C)N(C)CCNCc1ccc([Si](C)(C)C)cc1. The van der Waals surface area contributed by atoms with Crippen LogP contribution in [0.5, 0.6) is 0 Å². The first-order valence-electron chi connectivity index (χ1n) is 7.31. The molecule has 19 heavy (non-hydrogen) atoms. The molecule has 0 spiro atoms. The van der Waals surface area contributed by atoms with Gasteiger partial charge < -0.3 is 10.2 Å². The second-order valence-corrected chi connectivity index (χ2v) is 11.8. The lowest BCUT2D eigenvalue weighted by molar-refractivity contribution is 0.273. The monoisotopic (exact) mass is 278 g/mol. The highest BCUT2D eigenvalue weighted by atomic mass is 28.3. The third kappa shape index (κ3) is 5.89. The van der Waals surface area contributed by atoms with Gasteiger partial charge in [-0.15, -0.1) is 0 Å². The van der Waals surface area contributed by atoms with Crippen molar-refractivity contribution in [3.05, 3.63) is 29.8 Å². The van der Waals surface area contributed by atoms with Gasteiger partial charge in [0.2, 0.25) is 0 Å². The van der Waals surface area contributed by atoms with Crippen LogP contribution in [0.25, 0.3) is 0 Å². The first-order valence-corrected chi connectivity index (χ1v) is 10.8. The summed E-state index contributed by atoms with van der Waals surface area (Å²) in [5.41, 5.74) is 1.38. The van der Waals surface area contributed by atoms with Crippen molar-refractivity contribution >= 4 is 13.3 Å². The highest BCUT2D eigenvalue weighted by Gasteiger charge is 2.15. The van der Waals surface area contributed by atoms with Crippen molar-refractivity contribution in [2.75, 3.05) is 20.1 Å². The summed E-state index contributed by atoms with van der Waals surface area (Å²) in [5, 5.41) is 5.05. The average Bonchev–Trinajstić information content (AvgIpc) is 2.33. The molecule has 0 aliphatic carbocycles. The van der Waals surface area contributed by atoms with Crippen LogP contribution in [0, 0.1) is 0 Å². The van der Waals surface area contributed by atoms with Crippen LogP contribution in [0.2, 0.25) is 19.6 Å². The van der Waals surface area contributed by atoms with Gasteiger partial charge in [-0.25, -0.2) is 0 Å². The molecule has 1 aromatic carbocycles. The Balaban J connectivity index is 2.35. The molecule has 0 saturated carbocycles. The molecule has 0 heterocycles. The van der Waals surface area contributed by atoms with Crippen LogP contribution in [-0.2, 0) is 6.54 Å². The third-order valence-corrected chi connectivity index (χ3v) is 5.74. The van der Waals surface area contributed by atoms with E-state index < -0.39 is 8.07 Å². The van der Waals surface area contributed by atoms with Crippen LogP contribution in [0.15, 0.2) is 24.3 Å². The molecule has 0 unspecified atom stereocenters. The van der Waals surface area contributed by atoms with Gasteiger partial charge in [-0.2, -0.15) is 0 Å². The van der Waals surface area contributed by atoms with Crippen LogP contribution in [0.3, 0.4) is 0 Å². The number of likely N-dealkylation sites (N-methyl/N-ethyl adjacent to an activating group) is 1. The average molecular weight is 279 g/mol. The molecule has 108 valence electrons. The van der Waals surface area contributed by atoms with Gasteiger partial charge in [0.1, 0.15) is 0 Å². The van der Waals surface area contributed by atoms with Gasteiger partial charge in [0.15, 0.2) is 0 Å². The zero-order valence-corrected chi connectivity index (χ0v) is 14.5. The fourth-order valence-corrected chi connectivity index (χ4v) is 3.04. The largest absolute Gasteiger partial charge is 0.311 e. The Hall–Kier alpha value is -0.643. The fraction of sp³-hybridized carbons (Fsp3) is 0.625. The number of hydrogen-bond acceptors (Lipinski definition) is 2. The van der Waals surface area contributed by atoms with Gasteiger partial charge in [0.05, 0.1) is 8.07 Å². The van der Waals surface area contributed by atoms with E-state index in [1.807, 2.05) is 0 Å². The van der Waals surface area contributed by atoms with Gasteiger partial charge in [0.25, 0.3) is 0 Å². The van der Waals surface area contributed by atoms with Gasteiger partial charge in [0, 0.05) is 25.7 Å². The van der Waals surface area contributed by atoms with E-state index in [4.69, 9.17) is 0 Å². The lowest BCUT2D eigenvalue weighted by Crippen LogP contribution is -2.37. The van der Waals surface area contributed by atoms with E-state index in [0.717, 1.165) is 19.6 Å². The zero-order chi connectivity index (χ0) is 14.5. The van der Waals surface area contributed by atoms with E-state index in [-0.39, 0.29) is 0 Å². The predicted octanol–water partition coefficient (Wildman–Crippen LogP) is 2.66. The molecule has 0 bridgehead atoms. The molecule has 1 rings (SSSR count). The Morgan fingerprint density at radius 1 is 1.11 bits per heavy atom. The van der Waals surface area contributed by atoms with Gasteiger partial charge in [-0.3, -0.25) is 0 Å². The minimum absolute atomic E-state index is 0.623. The van der Waals surface area contributed by atoms with Crippen LogP contribution >= 0.6 is 0 Å². The van der Waals surface area contributed by atoms with Crippen molar-refractivity contribution in [2.24, 2.45) is 0 Å². The molecule has 1 N–H and O–H groups in total. The molecule has 2 nitrogen and oxygen atoms in total. The van der Waals surface area contributed by atoms with Crippen molar-refractivity contribution in [3.63, 3.8) is 0 Å². The Kier molecular flexibility index (Phi) is 6.24. The number of hydrogen-bond donors (Lipinski definition) is 1. The summed E-state index contributed by atoms with van der Waals surface area (Å²) in [6.45, 7) is 14.8. The van der Waals surface area contributed by atoms with E-state index in [9.17, 15) is 0 Å². The van der Waals surface area contributed by atoms with Crippen LogP contribution in [0.4, 0.5) is 0 Å². The predicted molar refractivity (Wildman–Crippen MR) is 88.9 cm³/mol. The molecule has 0 aliphatic heterocycles. The summed E-state index contributed by atoms with van der Waals surface area (Å²) < 4.78 is 0. The van der Waals surface area contributed by atoms with Gasteiger partial charge in [-0.05, 0) is 26.5 Å². The second kappa shape index (κ2) is 7.22. The smallest absolute Gasteiger partial charge is 0.0775 e. The molecule has 0 radical (unpaired) electrons. The topological polar surface area (TPSA) is 15.3 Å². The van der Waals surface area contributed by atoms with E-state index in [1.165, 1.54) is 10.8 Å².